The van der Waals surface area contributed by atoms with Gasteiger partial charge in [-0.25, -0.2) is 9.78 Å². The summed E-state index contributed by atoms with van der Waals surface area (Å²) in [4.78, 5) is 16.8. The summed E-state index contributed by atoms with van der Waals surface area (Å²) in [6.07, 6.45) is 1.30. The molecule has 6 heteroatoms. The first-order chi connectivity index (χ1) is 10.0. The van der Waals surface area contributed by atoms with Crippen LogP contribution in [0.3, 0.4) is 0 Å². The second kappa shape index (κ2) is 6.45. The number of carboxylic acids is 1. The van der Waals surface area contributed by atoms with Crippen molar-refractivity contribution in [2.75, 3.05) is 19.1 Å². The van der Waals surface area contributed by atoms with E-state index in [9.17, 15) is 4.79 Å². The third-order valence-electron chi connectivity index (χ3n) is 3.01. The first-order valence-corrected chi connectivity index (χ1v) is 6.62. The van der Waals surface area contributed by atoms with Crippen LogP contribution < -0.4 is 9.64 Å². The normalized spacial score (nSPS) is 10.2. The van der Waals surface area contributed by atoms with Crippen LogP contribution in [0.15, 0.2) is 36.5 Å². The van der Waals surface area contributed by atoms with Crippen LogP contribution in [0.25, 0.3) is 0 Å². The molecule has 0 radical (unpaired) electrons. The zero-order valence-corrected chi connectivity index (χ0v) is 12.5. The highest BCUT2D eigenvalue weighted by molar-refractivity contribution is 6.33. The lowest BCUT2D eigenvalue weighted by atomic mass is 10.2. The van der Waals surface area contributed by atoms with Gasteiger partial charge in [-0.3, -0.25) is 0 Å². The Bertz CT molecular complexity index is 644. The molecule has 0 aliphatic heterocycles. The quantitative estimate of drug-likeness (QED) is 0.919. The molecule has 1 N–H and O–H groups in total. The number of hydrogen-bond acceptors (Lipinski definition) is 4. The first kappa shape index (κ1) is 15.1. The van der Waals surface area contributed by atoms with E-state index >= 15 is 0 Å². The van der Waals surface area contributed by atoms with E-state index in [4.69, 9.17) is 21.4 Å². The number of benzene rings is 1. The highest BCUT2D eigenvalue weighted by Crippen LogP contribution is 2.24. The largest absolute Gasteiger partial charge is 0.497 e. The van der Waals surface area contributed by atoms with E-state index in [0.717, 1.165) is 11.3 Å². The second-order valence-corrected chi connectivity index (χ2v) is 4.95. The Kier molecular flexibility index (Phi) is 4.65. The fourth-order valence-electron chi connectivity index (χ4n) is 1.91. The summed E-state index contributed by atoms with van der Waals surface area (Å²) in [5.41, 5.74) is 1.14. The maximum atomic E-state index is 10.9. The van der Waals surface area contributed by atoms with E-state index in [-0.39, 0.29) is 5.56 Å². The van der Waals surface area contributed by atoms with Crippen molar-refractivity contribution < 1.29 is 14.6 Å². The number of nitrogens with zero attached hydrogens (tertiary/aromatic N) is 2. The number of hydrogen-bond donors (Lipinski definition) is 1. The zero-order chi connectivity index (χ0) is 15.4. The standard InChI is InChI=1S/C15H15ClN2O3/c1-18(9-10-3-5-12(21-2)6-4-10)14-13(16)7-11(8-17-14)15(19)20/h3-8H,9H2,1-2H3,(H,19,20). The van der Waals surface area contributed by atoms with Crippen LogP contribution in [0.5, 0.6) is 5.75 Å². The fraction of sp³-hybridized carbons (Fsp3) is 0.200. The lowest BCUT2D eigenvalue weighted by molar-refractivity contribution is 0.0696. The zero-order valence-electron chi connectivity index (χ0n) is 11.7. The number of rotatable bonds is 5. The predicted molar refractivity (Wildman–Crippen MR) is 81.3 cm³/mol. The summed E-state index contributed by atoms with van der Waals surface area (Å²) >= 11 is 6.09. The molecule has 5 nitrogen and oxygen atoms in total. The Morgan fingerprint density at radius 3 is 2.57 bits per heavy atom. The number of carbonyl (C=O) groups is 1. The SMILES string of the molecule is COc1ccc(CN(C)c2ncc(C(=O)O)cc2Cl)cc1. The van der Waals surface area contributed by atoms with Gasteiger partial charge < -0.3 is 14.7 Å². The molecule has 0 aliphatic carbocycles. The minimum Gasteiger partial charge on any atom is -0.497 e. The van der Waals surface area contributed by atoms with Gasteiger partial charge in [-0.05, 0) is 23.8 Å². The molecule has 1 aromatic heterocycles. The van der Waals surface area contributed by atoms with Crippen molar-refractivity contribution in [3.8, 4) is 5.75 Å². The molecule has 2 aromatic rings. The Labute approximate surface area is 127 Å². The Morgan fingerprint density at radius 1 is 1.38 bits per heavy atom. The molecule has 21 heavy (non-hydrogen) atoms. The van der Waals surface area contributed by atoms with E-state index in [2.05, 4.69) is 4.98 Å². The Hall–Kier alpha value is -2.27. The van der Waals surface area contributed by atoms with Gasteiger partial charge in [-0.2, -0.15) is 0 Å². The van der Waals surface area contributed by atoms with Crippen molar-refractivity contribution in [1.82, 2.24) is 4.98 Å². The third kappa shape index (κ3) is 3.64. The van der Waals surface area contributed by atoms with Gasteiger partial charge in [0.1, 0.15) is 11.6 Å². The number of pyridine rings is 1. The lowest BCUT2D eigenvalue weighted by Gasteiger charge is -2.19. The summed E-state index contributed by atoms with van der Waals surface area (Å²) in [5, 5.41) is 9.21. The second-order valence-electron chi connectivity index (χ2n) is 4.54. The minimum absolute atomic E-state index is 0.0709. The van der Waals surface area contributed by atoms with Crippen LogP contribution in [0.1, 0.15) is 15.9 Å². The lowest BCUT2D eigenvalue weighted by Crippen LogP contribution is -2.18. The van der Waals surface area contributed by atoms with Gasteiger partial charge in [-0.15, -0.1) is 0 Å². The molecule has 0 saturated heterocycles. The molecule has 0 bridgehead atoms. The highest BCUT2D eigenvalue weighted by Gasteiger charge is 2.12. The van der Waals surface area contributed by atoms with E-state index in [1.807, 2.05) is 36.2 Å². The molecular formula is C15H15ClN2O3. The summed E-state index contributed by atoms with van der Waals surface area (Å²) in [6.45, 7) is 0.600. The van der Waals surface area contributed by atoms with Gasteiger partial charge >= 0.3 is 5.97 Å². The predicted octanol–water partition coefficient (Wildman–Crippen LogP) is 3.08. The summed E-state index contributed by atoms with van der Waals surface area (Å²) < 4.78 is 5.11. The van der Waals surface area contributed by atoms with E-state index in [1.54, 1.807) is 7.11 Å². The van der Waals surface area contributed by atoms with Crippen molar-refractivity contribution in [3.63, 3.8) is 0 Å². The van der Waals surface area contributed by atoms with Gasteiger partial charge in [0.2, 0.25) is 0 Å². The average molecular weight is 307 g/mol. The maximum absolute atomic E-state index is 10.9. The molecule has 1 heterocycles. The van der Waals surface area contributed by atoms with Crippen LogP contribution in [-0.2, 0) is 6.54 Å². The third-order valence-corrected chi connectivity index (χ3v) is 3.29. The van der Waals surface area contributed by atoms with Crippen LogP contribution in [0, 0.1) is 0 Å². The number of carboxylic acid groups (broad SMARTS) is 1. The van der Waals surface area contributed by atoms with Gasteiger partial charge in [0.05, 0.1) is 17.7 Å². The monoisotopic (exact) mass is 306 g/mol. The van der Waals surface area contributed by atoms with E-state index in [1.165, 1.54) is 12.3 Å². The van der Waals surface area contributed by atoms with Gasteiger partial charge in [-0.1, -0.05) is 23.7 Å². The smallest absolute Gasteiger partial charge is 0.337 e. The number of methoxy groups -OCH3 is 1. The van der Waals surface area contributed by atoms with Crippen LogP contribution >= 0.6 is 11.6 Å². The van der Waals surface area contributed by atoms with Gasteiger partial charge in [0.15, 0.2) is 0 Å². The van der Waals surface area contributed by atoms with Crippen molar-refractivity contribution >= 4 is 23.4 Å². The Balaban J connectivity index is 2.15. The minimum atomic E-state index is -1.05. The van der Waals surface area contributed by atoms with Crippen LogP contribution in [0.4, 0.5) is 5.82 Å². The molecule has 110 valence electrons. The molecule has 1 aromatic carbocycles. The number of halogens is 1. The topological polar surface area (TPSA) is 62.7 Å². The molecule has 0 saturated carbocycles. The molecule has 2 rings (SSSR count). The fourth-order valence-corrected chi connectivity index (χ4v) is 2.22. The number of anilines is 1. The number of ether oxygens (including phenoxy) is 1. The van der Waals surface area contributed by atoms with E-state index in [0.29, 0.717) is 17.4 Å². The molecule has 0 unspecified atom stereocenters. The van der Waals surface area contributed by atoms with Crippen molar-refractivity contribution in [2.45, 2.75) is 6.54 Å². The van der Waals surface area contributed by atoms with Crippen molar-refractivity contribution in [1.29, 1.82) is 0 Å². The number of aromatic nitrogens is 1. The van der Waals surface area contributed by atoms with Crippen LogP contribution in [0.2, 0.25) is 5.02 Å². The Morgan fingerprint density at radius 2 is 2.05 bits per heavy atom. The van der Waals surface area contributed by atoms with Gasteiger partial charge in [0, 0.05) is 19.8 Å². The molecular weight excluding hydrogens is 292 g/mol. The molecule has 0 fully saturated rings. The molecule has 0 aliphatic rings. The summed E-state index contributed by atoms with van der Waals surface area (Å²) in [5.74, 6) is 0.287. The highest BCUT2D eigenvalue weighted by atomic mass is 35.5. The average Bonchev–Trinajstić information content (AvgIpc) is 2.47. The maximum Gasteiger partial charge on any atom is 0.337 e. The molecule has 0 amide bonds. The van der Waals surface area contributed by atoms with E-state index < -0.39 is 5.97 Å². The molecule has 0 atom stereocenters. The van der Waals surface area contributed by atoms with Gasteiger partial charge in [0.25, 0.3) is 0 Å². The summed E-state index contributed by atoms with van der Waals surface area (Å²) in [6, 6.07) is 9.07. The van der Waals surface area contributed by atoms with Crippen LogP contribution in [-0.4, -0.2) is 30.2 Å². The van der Waals surface area contributed by atoms with Crippen molar-refractivity contribution in [3.05, 3.63) is 52.7 Å². The number of aromatic carboxylic acids is 1. The molecule has 0 spiro atoms. The van der Waals surface area contributed by atoms with Crippen molar-refractivity contribution in [2.24, 2.45) is 0 Å². The summed E-state index contributed by atoms with van der Waals surface area (Å²) in [7, 11) is 3.47. The first-order valence-electron chi connectivity index (χ1n) is 6.24.